The highest BCUT2D eigenvalue weighted by Gasteiger charge is 2.36. The zero-order valence-electron chi connectivity index (χ0n) is 18.7. The van der Waals surface area contributed by atoms with Crippen LogP contribution in [0.2, 0.25) is 0 Å². The Balaban J connectivity index is 1.57. The van der Waals surface area contributed by atoms with E-state index >= 15 is 0 Å². The molecule has 1 aliphatic rings. The standard InChI is InChI=1S/C27H26N4O2/c1-18-24-25(19-13-15-22(33-2)16-14-19)23(29-27(32)20-9-5-3-6-10-20)17-28-26(24)31(30-18)21-11-7-4-8-12-21/h3-16,23,25,28H,17H2,1-2H3,(H,29,32)/t23-,25-/m1/s1. The molecule has 0 unspecified atom stereocenters. The van der Waals surface area contributed by atoms with E-state index in [9.17, 15) is 4.79 Å². The van der Waals surface area contributed by atoms with Crippen molar-refractivity contribution < 1.29 is 9.53 Å². The van der Waals surface area contributed by atoms with E-state index in [1.54, 1.807) is 7.11 Å². The number of amides is 1. The van der Waals surface area contributed by atoms with Crippen molar-refractivity contribution in [3.8, 4) is 11.4 Å². The minimum Gasteiger partial charge on any atom is -0.497 e. The van der Waals surface area contributed by atoms with Crippen LogP contribution in [0.4, 0.5) is 5.82 Å². The second kappa shape index (κ2) is 8.82. The van der Waals surface area contributed by atoms with Crippen molar-refractivity contribution in [1.29, 1.82) is 0 Å². The number of fused-ring (bicyclic) bond motifs is 1. The molecule has 33 heavy (non-hydrogen) atoms. The van der Waals surface area contributed by atoms with Gasteiger partial charge in [0.2, 0.25) is 0 Å². The second-order valence-electron chi connectivity index (χ2n) is 8.17. The van der Waals surface area contributed by atoms with Gasteiger partial charge in [-0.05, 0) is 48.9 Å². The van der Waals surface area contributed by atoms with Gasteiger partial charge in [0.1, 0.15) is 11.6 Å². The van der Waals surface area contributed by atoms with Gasteiger partial charge < -0.3 is 15.4 Å². The van der Waals surface area contributed by atoms with Crippen molar-refractivity contribution in [2.24, 2.45) is 0 Å². The molecule has 6 nitrogen and oxygen atoms in total. The quantitative estimate of drug-likeness (QED) is 0.480. The fourth-order valence-electron chi connectivity index (χ4n) is 4.55. The molecule has 4 aromatic rings. The van der Waals surface area contributed by atoms with E-state index in [2.05, 4.69) is 22.8 Å². The van der Waals surface area contributed by atoms with Gasteiger partial charge in [0.05, 0.1) is 24.5 Å². The molecule has 166 valence electrons. The van der Waals surface area contributed by atoms with E-state index in [4.69, 9.17) is 9.84 Å². The Labute approximate surface area is 193 Å². The van der Waals surface area contributed by atoms with Gasteiger partial charge in [-0.25, -0.2) is 4.68 Å². The lowest BCUT2D eigenvalue weighted by Crippen LogP contribution is -2.47. The maximum absolute atomic E-state index is 13.0. The fraction of sp³-hybridized carbons (Fsp3) is 0.185. The molecule has 0 saturated carbocycles. The van der Waals surface area contributed by atoms with Crippen LogP contribution in [0, 0.1) is 6.92 Å². The zero-order chi connectivity index (χ0) is 22.8. The first-order valence-electron chi connectivity index (χ1n) is 11.0. The van der Waals surface area contributed by atoms with Crippen LogP contribution >= 0.6 is 0 Å². The SMILES string of the molecule is COc1ccc([C@H]2c3c(C)nn(-c4ccccc4)c3NC[C@H]2NC(=O)c2ccccc2)cc1. The number of carbonyl (C=O) groups excluding carboxylic acids is 1. The number of carbonyl (C=O) groups is 1. The number of anilines is 1. The maximum atomic E-state index is 13.0. The Bertz CT molecular complexity index is 1250. The highest BCUT2D eigenvalue weighted by molar-refractivity contribution is 5.94. The van der Waals surface area contributed by atoms with E-state index in [0.29, 0.717) is 12.1 Å². The van der Waals surface area contributed by atoms with Gasteiger partial charge in [0.15, 0.2) is 0 Å². The average molecular weight is 439 g/mol. The van der Waals surface area contributed by atoms with Gasteiger partial charge in [-0.15, -0.1) is 0 Å². The summed E-state index contributed by atoms with van der Waals surface area (Å²) in [6.45, 7) is 2.61. The molecule has 0 saturated heterocycles. The molecular weight excluding hydrogens is 412 g/mol. The molecule has 6 heteroatoms. The molecule has 2 heterocycles. The minimum atomic E-state index is -0.147. The van der Waals surface area contributed by atoms with Gasteiger partial charge in [0.25, 0.3) is 5.91 Å². The van der Waals surface area contributed by atoms with Crippen molar-refractivity contribution in [3.05, 3.63) is 107 Å². The van der Waals surface area contributed by atoms with Crippen molar-refractivity contribution >= 4 is 11.7 Å². The number of nitrogens with one attached hydrogen (secondary N) is 2. The minimum absolute atomic E-state index is 0.0581. The van der Waals surface area contributed by atoms with Crippen LogP contribution in [0.1, 0.15) is 33.1 Å². The average Bonchev–Trinajstić information content (AvgIpc) is 3.21. The van der Waals surface area contributed by atoms with Gasteiger partial charge in [-0.2, -0.15) is 5.10 Å². The first-order chi connectivity index (χ1) is 16.2. The molecule has 0 bridgehead atoms. The third-order valence-electron chi connectivity index (χ3n) is 6.14. The predicted octanol–water partition coefficient (Wildman–Crippen LogP) is 4.55. The third-order valence-corrected chi connectivity index (χ3v) is 6.14. The summed E-state index contributed by atoms with van der Waals surface area (Å²) >= 11 is 0. The lowest BCUT2D eigenvalue weighted by atomic mass is 9.82. The van der Waals surface area contributed by atoms with Crippen LogP contribution < -0.4 is 15.4 Å². The van der Waals surface area contributed by atoms with Crippen molar-refractivity contribution in [2.45, 2.75) is 18.9 Å². The first kappa shape index (κ1) is 20.8. The molecule has 0 aliphatic carbocycles. The van der Waals surface area contributed by atoms with Gasteiger partial charge >= 0.3 is 0 Å². The summed E-state index contributed by atoms with van der Waals surface area (Å²) in [5, 5.41) is 11.7. The molecule has 0 fully saturated rings. The van der Waals surface area contributed by atoms with Crippen LogP contribution in [-0.2, 0) is 0 Å². The lowest BCUT2D eigenvalue weighted by molar-refractivity contribution is 0.0935. The largest absolute Gasteiger partial charge is 0.497 e. The number of hydrogen-bond donors (Lipinski definition) is 2. The number of methoxy groups -OCH3 is 1. The monoisotopic (exact) mass is 438 g/mol. The maximum Gasteiger partial charge on any atom is 0.251 e. The van der Waals surface area contributed by atoms with Crippen molar-refractivity contribution in [2.75, 3.05) is 19.0 Å². The summed E-state index contributed by atoms with van der Waals surface area (Å²) in [6.07, 6.45) is 0. The highest BCUT2D eigenvalue weighted by atomic mass is 16.5. The number of rotatable bonds is 5. The number of benzene rings is 3. The number of aromatic nitrogens is 2. The summed E-state index contributed by atoms with van der Waals surface area (Å²) in [5.41, 5.74) is 4.77. The van der Waals surface area contributed by atoms with E-state index in [1.807, 2.05) is 84.4 Å². The molecule has 2 atom stereocenters. The Hall–Kier alpha value is -4.06. The number of para-hydroxylation sites is 1. The Kier molecular flexibility index (Phi) is 5.57. The van der Waals surface area contributed by atoms with Crippen LogP contribution in [-0.4, -0.2) is 35.4 Å². The fourth-order valence-corrected chi connectivity index (χ4v) is 4.55. The zero-order valence-corrected chi connectivity index (χ0v) is 18.7. The van der Waals surface area contributed by atoms with Crippen LogP contribution in [0.5, 0.6) is 5.75 Å². The normalized spacial score (nSPS) is 17.0. The summed E-state index contributed by atoms with van der Waals surface area (Å²) in [5.74, 6) is 1.62. The Morgan fingerprint density at radius 1 is 1.00 bits per heavy atom. The summed E-state index contributed by atoms with van der Waals surface area (Å²) in [6, 6.07) is 27.3. The van der Waals surface area contributed by atoms with E-state index in [-0.39, 0.29) is 17.9 Å². The molecule has 2 N–H and O–H groups in total. The van der Waals surface area contributed by atoms with Crippen molar-refractivity contribution in [3.63, 3.8) is 0 Å². The van der Waals surface area contributed by atoms with Crippen LogP contribution in [0.15, 0.2) is 84.9 Å². The third kappa shape index (κ3) is 3.96. The molecule has 5 rings (SSSR count). The molecule has 1 amide bonds. The van der Waals surface area contributed by atoms with Gasteiger partial charge in [-0.3, -0.25) is 4.79 Å². The van der Waals surface area contributed by atoms with E-state index < -0.39 is 0 Å². The highest BCUT2D eigenvalue weighted by Crippen LogP contribution is 2.40. The summed E-state index contributed by atoms with van der Waals surface area (Å²) < 4.78 is 7.32. The second-order valence-corrected chi connectivity index (χ2v) is 8.17. The molecule has 1 aliphatic heterocycles. The van der Waals surface area contributed by atoms with E-state index in [0.717, 1.165) is 34.1 Å². The van der Waals surface area contributed by atoms with Crippen molar-refractivity contribution in [1.82, 2.24) is 15.1 Å². The summed E-state index contributed by atoms with van der Waals surface area (Å²) in [7, 11) is 1.66. The van der Waals surface area contributed by atoms with Crippen LogP contribution in [0.3, 0.4) is 0 Å². The lowest BCUT2D eigenvalue weighted by Gasteiger charge is -2.34. The number of ether oxygens (including phenoxy) is 1. The number of hydrogen-bond acceptors (Lipinski definition) is 4. The number of nitrogens with zero attached hydrogens (tertiary/aromatic N) is 2. The summed E-state index contributed by atoms with van der Waals surface area (Å²) in [4.78, 5) is 13.0. The molecular formula is C27H26N4O2. The topological polar surface area (TPSA) is 68.2 Å². The first-order valence-corrected chi connectivity index (χ1v) is 11.0. The van der Waals surface area contributed by atoms with Crippen LogP contribution in [0.25, 0.3) is 5.69 Å². The van der Waals surface area contributed by atoms with E-state index in [1.165, 1.54) is 0 Å². The molecule has 3 aromatic carbocycles. The molecule has 1 aromatic heterocycles. The molecule has 0 radical (unpaired) electrons. The molecule has 0 spiro atoms. The number of aryl methyl sites for hydroxylation is 1. The van der Waals surface area contributed by atoms with Gasteiger partial charge in [-0.1, -0.05) is 48.5 Å². The predicted molar refractivity (Wildman–Crippen MR) is 129 cm³/mol. The Morgan fingerprint density at radius 2 is 1.67 bits per heavy atom. The smallest absolute Gasteiger partial charge is 0.251 e. The van der Waals surface area contributed by atoms with Gasteiger partial charge in [0, 0.05) is 23.6 Å². The Morgan fingerprint density at radius 3 is 2.33 bits per heavy atom.